The van der Waals surface area contributed by atoms with Crippen LogP contribution >= 0.6 is 0 Å². The van der Waals surface area contributed by atoms with Gasteiger partial charge in [0.2, 0.25) is 11.7 Å². The van der Waals surface area contributed by atoms with E-state index in [0.717, 1.165) is 5.56 Å². The van der Waals surface area contributed by atoms with Crippen molar-refractivity contribution in [2.45, 2.75) is 26.0 Å². The molecular weight excluding hydrogens is 230 g/mol. The van der Waals surface area contributed by atoms with E-state index in [2.05, 4.69) is 10.1 Å². The van der Waals surface area contributed by atoms with Crippen LogP contribution in [0.5, 0.6) is 0 Å². The highest BCUT2D eigenvalue weighted by Crippen LogP contribution is 2.24. The van der Waals surface area contributed by atoms with Gasteiger partial charge in [-0.3, -0.25) is 0 Å². The van der Waals surface area contributed by atoms with Gasteiger partial charge in [0.1, 0.15) is 6.10 Å². The van der Waals surface area contributed by atoms with E-state index in [-0.39, 0.29) is 12.1 Å². The smallest absolute Gasteiger partial charge is 0.243 e. The van der Waals surface area contributed by atoms with Crippen molar-refractivity contribution < 1.29 is 9.26 Å². The first-order valence-corrected chi connectivity index (χ1v) is 5.98. The molecule has 0 bridgehead atoms. The van der Waals surface area contributed by atoms with Crippen LogP contribution in [0.2, 0.25) is 0 Å². The summed E-state index contributed by atoms with van der Waals surface area (Å²) in [6.45, 7) is 4.31. The lowest BCUT2D eigenvalue weighted by Crippen LogP contribution is -2.09. The van der Waals surface area contributed by atoms with Gasteiger partial charge in [0.05, 0.1) is 6.04 Å². The van der Waals surface area contributed by atoms with E-state index in [1.807, 2.05) is 37.3 Å². The minimum absolute atomic E-state index is 0.274. The summed E-state index contributed by atoms with van der Waals surface area (Å²) in [7, 11) is 0. The quantitative estimate of drug-likeness (QED) is 0.876. The Morgan fingerprint density at radius 2 is 2.06 bits per heavy atom. The fraction of sp³-hybridized carbons (Fsp3) is 0.385. The molecule has 1 unspecified atom stereocenters. The molecule has 18 heavy (non-hydrogen) atoms. The third-order valence-corrected chi connectivity index (χ3v) is 2.52. The molecule has 2 atom stereocenters. The number of hydrogen-bond donors (Lipinski definition) is 1. The van der Waals surface area contributed by atoms with Gasteiger partial charge < -0.3 is 15.0 Å². The number of ether oxygens (including phenoxy) is 1. The lowest BCUT2D eigenvalue weighted by atomic mass is 10.1. The molecule has 2 aromatic rings. The molecule has 0 saturated heterocycles. The van der Waals surface area contributed by atoms with Gasteiger partial charge >= 0.3 is 0 Å². The Morgan fingerprint density at radius 3 is 2.61 bits per heavy atom. The first-order chi connectivity index (χ1) is 8.72. The molecule has 0 spiro atoms. The Bertz CT molecular complexity index is 482. The van der Waals surface area contributed by atoms with Gasteiger partial charge in [-0.2, -0.15) is 4.98 Å². The van der Waals surface area contributed by atoms with E-state index >= 15 is 0 Å². The van der Waals surface area contributed by atoms with E-state index in [9.17, 15) is 0 Å². The fourth-order valence-corrected chi connectivity index (χ4v) is 1.65. The highest BCUT2D eigenvalue weighted by molar-refractivity contribution is 5.22. The largest absolute Gasteiger partial charge is 0.366 e. The Morgan fingerprint density at radius 1 is 1.33 bits per heavy atom. The number of nitrogens with two attached hydrogens (primary N) is 1. The van der Waals surface area contributed by atoms with Crippen LogP contribution < -0.4 is 5.73 Å². The summed E-state index contributed by atoms with van der Waals surface area (Å²) in [5.41, 5.74) is 6.70. The van der Waals surface area contributed by atoms with Crippen molar-refractivity contribution in [3.8, 4) is 0 Å². The van der Waals surface area contributed by atoms with Gasteiger partial charge in [-0.05, 0) is 19.4 Å². The molecule has 0 aliphatic heterocycles. The Labute approximate surface area is 106 Å². The molecule has 0 fully saturated rings. The van der Waals surface area contributed by atoms with Gasteiger partial charge in [-0.15, -0.1) is 0 Å². The number of rotatable bonds is 5. The average Bonchev–Trinajstić information content (AvgIpc) is 2.86. The maximum atomic E-state index is 5.70. The third-order valence-electron chi connectivity index (χ3n) is 2.52. The SMILES string of the molecule is CCOC(c1ccccc1)c1noc([C@@H](C)N)n1. The molecule has 1 heterocycles. The van der Waals surface area contributed by atoms with Gasteiger partial charge in [0, 0.05) is 6.61 Å². The van der Waals surface area contributed by atoms with Crippen molar-refractivity contribution >= 4 is 0 Å². The van der Waals surface area contributed by atoms with Crippen LogP contribution in [-0.4, -0.2) is 16.7 Å². The number of benzene rings is 1. The van der Waals surface area contributed by atoms with E-state index < -0.39 is 0 Å². The molecule has 0 aliphatic carbocycles. The zero-order valence-corrected chi connectivity index (χ0v) is 10.5. The van der Waals surface area contributed by atoms with Gasteiger partial charge in [0.25, 0.3) is 0 Å². The molecule has 0 amide bonds. The molecule has 5 heteroatoms. The minimum Gasteiger partial charge on any atom is -0.366 e. The van der Waals surface area contributed by atoms with Crippen molar-refractivity contribution in [1.29, 1.82) is 0 Å². The molecular formula is C13H17N3O2. The predicted octanol–water partition coefficient (Wildman–Crippen LogP) is 2.22. The van der Waals surface area contributed by atoms with Crippen LogP contribution in [0.25, 0.3) is 0 Å². The lowest BCUT2D eigenvalue weighted by molar-refractivity contribution is 0.0833. The fourth-order valence-electron chi connectivity index (χ4n) is 1.65. The molecule has 1 aromatic heterocycles. The summed E-state index contributed by atoms with van der Waals surface area (Å²) in [6.07, 6.45) is -0.313. The summed E-state index contributed by atoms with van der Waals surface area (Å²) < 4.78 is 10.8. The van der Waals surface area contributed by atoms with Gasteiger partial charge in [-0.25, -0.2) is 0 Å². The maximum absolute atomic E-state index is 5.70. The molecule has 0 saturated carbocycles. The van der Waals surface area contributed by atoms with E-state index in [4.69, 9.17) is 15.0 Å². The van der Waals surface area contributed by atoms with E-state index in [0.29, 0.717) is 18.3 Å². The van der Waals surface area contributed by atoms with Crippen LogP contribution in [0, 0.1) is 0 Å². The van der Waals surface area contributed by atoms with Gasteiger partial charge in [-0.1, -0.05) is 35.5 Å². The van der Waals surface area contributed by atoms with Crippen molar-refractivity contribution in [1.82, 2.24) is 10.1 Å². The summed E-state index contributed by atoms with van der Waals surface area (Å²) in [5, 5.41) is 3.94. The van der Waals surface area contributed by atoms with Crippen LogP contribution in [0.15, 0.2) is 34.9 Å². The standard InChI is InChI=1S/C13H17N3O2/c1-3-17-11(10-7-5-4-6-8-10)12-15-13(9(2)14)18-16-12/h4-9,11H,3,14H2,1-2H3/t9-,11?/m1/s1. The summed E-state index contributed by atoms with van der Waals surface area (Å²) in [5.74, 6) is 0.931. The first kappa shape index (κ1) is 12.7. The number of nitrogens with zero attached hydrogens (tertiary/aromatic N) is 2. The molecule has 2 N–H and O–H groups in total. The number of aromatic nitrogens is 2. The summed E-state index contributed by atoms with van der Waals surface area (Å²) in [4.78, 5) is 4.28. The van der Waals surface area contributed by atoms with Crippen molar-refractivity contribution in [3.63, 3.8) is 0 Å². The summed E-state index contributed by atoms with van der Waals surface area (Å²) >= 11 is 0. The zero-order chi connectivity index (χ0) is 13.0. The molecule has 2 rings (SSSR count). The van der Waals surface area contributed by atoms with E-state index in [1.165, 1.54) is 0 Å². The second kappa shape index (κ2) is 5.75. The van der Waals surface area contributed by atoms with Crippen molar-refractivity contribution in [2.75, 3.05) is 6.61 Å². The molecule has 0 radical (unpaired) electrons. The zero-order valence-electron chi connectivity index (χ0n) is 10.5. The predicted molar refractivity (Wildman–Crippen MR) is 66.8 cm³/mol. The highest BCUT2D eigenvalue weighted by Gasteiger charge is 2.21. The highest BCUT2D eigenvalue weighted by atomic mass is 16.5. The molecule has 0 aliphatic rings. The molecule has 5 nitrogen and oxygen atoms in total. The third kappa shape index (κ3) is 2.75. The van der Waals surface area contributed by atoms with Crippen LogP contribution in [-0.2, 0) is 4.74 Å². The van der Waals surface area contributed by atoms with E-state index in [1.54, 1.807) is 6.92 Å². The summed E-state index contributed by atoms with van der Waals surface area (Å²) in [6, 6.07) is 9.53. The normalized spacial score (nSPS) is 14.4. The second-order valence-electron chi connectivity index (χ2n) is 4.03. The Balaban J connectivity index is 2.29. The monoisotopic (exact) mass is 247 g/mol. The second-order valence-corrected chi connectivity index (χ2v) is 4.03. The maximum Gasteiger partial charge on any atom is 0.243 e. The Kier molecular flexibility index (Phi) is 4.07. The first-order valence-electron chi connectivity index (χ1n) is 5.98. The van der Waals surface area contributed by atoms with Crippen molar-refractivity contribution in [3.05, 3.63) is 47.6 Å². The number of hydrogen-bond acceptors (Lipinski definition) is 5. The molecule has 96 valence electrons. The average molecular weight is 247 g/mol. The Hall–Kier alpha value is -1.72. The van der Waals surface area contributed by atoms with Crippen LogP contribution in [0.4, 0.5) is 0 Å². The van der Waals surface area contributed by atoms with Crippen molar-refractivity contribution in [2.24, 2.45) is 5.73 Å². The minimum atomic E-state index is -0.313. The van der Waals surface area contributed by atoms with Gasteiger partial charge in [0.15, 0.2) is 0 Å². The molecule has 1 aromatic carbocycles. The van der Waals surface area contributed by atoms with Crippen LogP contribution in [0.1, 0.15) is 43.3 Å². The topological polar surface area (TPSA) is 74.2 Å². The van der Waals surface area contributed by atoms with Crippen LogP contribution in [0.3, 0.4) is 0 Å². The lowest BCUT2D eigenvalue weighted by Gasteiger charge is -2.13.